The Bertz CT molecular complexity index is 568. The molecule has 0 aliphatic heterocycles. The van der Waals surface area contributed by atoms with Gasteiger partial charge in [0.25, 0.3) is 0 Å². The van der Waals surface area contributed by atoms with Gasteiger partial charge >= 0.3 is 0 Å². The van der Waals surface area contributed by atoms with Crippen LogP contribution in [0.5, 0.6) is 11.5 Å². The number of aryl methyl sites for hydroxylation is 2. The number of hydrogen-bond acceptors (Lipinski definition) is 4. The lowest BCUT2D eigenvalue weighted by atomic mass is 10.1. The summed E-state index contributed by atoms with van der Waals surface area (Å²) in [5, 5.41) is 0. The summed E-state index contributed by atoms with van der Waals surface area (Å²) in [6.07, 6.45) is 0. The molecule has 0 bridgehead atoms. The summed E-state index contributed by atoms with van der Waals surface area (Å²) < 4.78 is 9.92. The van der Waals surface area contributed by atoms with E-state index in [1.165, 1.54) is 5.56 Å². The first-order valence-electron chi connectivity index (χ1n) is 6.28. The summed E-state index contributed by atoms with van der Waals surface area (Å²) in [5.41, 5.74) is 15.1. The van der Waals surface area contributed by atoms with Gasteiger partial charge < -0.3 is 20.9 Å². The van der Waals surface area contributed by atoms with Gasteiger partial charge in [-0.3, -0.25) is 0 Å². The molecule has 2 rings (SSSR count). The van der Waals surface area contributed by atoms with Gasteiger partial charge in [-0.2, -0.15) is 0 Å². The van der Waals surface area contributed by atoms with E-state index in [0.29, 0.717) is 11.4 Å². The van der Waals surface area contributed by atoms with E-state index in [0.717, 1.165) is 17.0 Å². The predicted molar refractivity (Wildman–Crippen MR) is 84.3 cm³/mol. The zero-order valence-corrected chi connectivity index (χ0v) is 12.4. The quantitative estimate of drug-likeness (QED) is 0.825. The summed E-state index contributed by atoms with van der Waals surface area (Å²) in [6.45, 7) is 4.05. The minimum atomic E-state index is 0.590. The third-order valence-corrected chi connectivity index (χ3v) is 2.87. The minimum absolute atomic E-state index is 0.590. The smallest absolute Gasteiger partial charge is 0.142 e. The highest BCUT2D eigenvalue weighted by atomic mass is 16.5. The Morgan fingerprint density at radius 2 is 1.50 bits per heavy atom. The SMILES string of the molecule is COc1ccc(OC)c(N)c1.Cc1ccc(C)c(N)c1. The van der Waals surface area contributed by atoms with Crippen molar-refractivity contribution >= 4 is 11.4 Å². The Morgan fingerprint density at radius 3 is 1.95 bits per heavy atom. The molecular weight excluding hydrogens is 252 g/mol. The summed E-state index contributed by atoms with van der Waals surface area (Å²) in [5.74, 6) is 1.41. The molecule has 0 radical (unpaired) electrons. The molecular formula is C16H22N2O2. The molecule has 0 spiro atoms. The lowest BCUT2D eigenvalue weighted by Gasteiger charge is -2.05. The van der Waals surface area contributed by atoms with Crippen molar-refractivity contribution in [1.29, 1.82) is 0 Å². The molecule has 108 valence electrons. The molecule has 0 fully saturated rings. The Hall–Kier alpha value is -2.36. The first kappa shape index (κ1) is 15.7. The fourth-order valence-electron chi connectivity index (χ4n) is 1.60. The number of rotatable bonds is 2. The van der Waals surface area contributed by atoms with Gasteiger partial charge in [0.1, 0.15) is 11.5 Å². The van der Waals surface area contributed by atoms with Gasteiger partial charge in [-0.05, 0) is 43.2 Å². The molecule has 0 aromatic heterocycles. The van der Waals surface area contributed by atoms with Crippen LogP contribution < -0.4 is 20.9 Å². The van der Waals surface area contributed by atoms with E-state index >= 15 is 0 Å². The molecule has 4 N–H and O–H groups in total. The maximum atomic E-state index is 5.62. The zero-order chi connectivity index (χ0) is 15.1. The highest BCUT2D eigenvalue weighted by Gasteiger charge is 1.98. The number of benzene rings is 2. The van der Waals surface area contributed by atoms with Crippen molar-refractivity contribution in [3.05, 3.63) is 47.5 Å². The topological polar surface area (TPSA) is 70.5 Å². The number of nitrogen functional groups attached to an aromatic ring is 2. The monoisotopic (exact) mass is 274 g/mol. The van der Waals surface area contributed by atoms with E-state index in [9.17, 15) is 0 Å². The van der Waals surface area contributed by atoms with Gasteiger partial charge in [-0.25, -0.2) is 0 Å². The van der Waals surface area contributed by atoms with Crippen molar-refractivity contribution in [3.63, 3.8) is 0 Å². The lowest BCUT2D eigenvalue weighted by Crippen LogP contribution is -1.92. The van der Waals surface area contributed by atoms with Crippen LogP contribution in [0.2, 0.25) is 0 Å². The zero-order valence-electron chi connectivity index (χ0n) is 12.4. The van der Waals surface area contributed by atoms with Crippen LogP contribution in [-0.2, 0) is 0 Å². The van der Waals surface area contributed by atoms with Crippen LogP contribution in [0.25, 0.3) is 0 Å². The van der Waals surface area contributed by atoms with Crippen LogP contribution in [0.3, 0.4) is 0 Å². The van der Waals surface area contributed by atoms with Crippen LogP contribution in [0.4, 0.5) is 11.4 Å². The Balaban J connectivity index is 0.000000204. The second-order valence-corrected chi connectivity index (χ2v) is 4.47. The predicted octanol–water partition coefficient (Wildman–Crippen LogP) is 3.17. The van der Waals surface area contributed by atoms with Crippen molar-refractivity contribution < 1.29 is 9.47 Å². The molecule has 0 aliphatic carbocycles. The average Bonchev–Trinajstić information content (AvgIpc) is 2.44. The van der Waals surface area contributed by atoms with E-state index in [1.54, 1.807) is 32.4 Å². The van der Waals surface area contributed by atoms with E-state index in [2.05, 4.69) is 6.07 Å². The molecule has 4 nitrogen and oxygen atoms in total. The van der Waals surface area contributed by atoms with Crippen LogP contribution in [0, 0.1) is 13.8 Å². The van der Waals surface area contributed by atoms with E-state index in [4.69, 9.17) is 20.9 Å². The van der Waals surface area contributed by atoms with Crippen molar-refractivity contribution in [2.24, 2.45) is 0 Å². The minimum Gasteiger partial charge on any atom is -0.497 e. The molecule has 0 heterocycles. The summed E-state index contributed by atoms with van der Waals surface area (Å²) in [4.78, 5) is 0. The van der Waals surface area contributed by atoms with Crippen molar-refractivity contribution in [2.45, 2.75) is 13.8 Å². The summed E-state index contributed by atoms with van der Waals surface area (Å²) >= 11 is 0. The van der Waals surface area contributed by atoms with Crippen molar-refractivity contribution in [3.8, 4) is 11.5 Å². The van der Waals surface area contributed by atoms with Gasteiger partial charge in [0.05, 0.1) is 19.9 Å². The number of ether oxygens (including phenoxy) is 2. The molecule has 0 unspecified atom stereocenters. The molecule has 0 amide bonds. The summed E-state index contributed by atoms with van der Waals surface area (Å²) in [6, 6.07) is 11.4. The fraction of sp³-hybridized carbons (Fsp3) is 0.250. The van der Waals surface area contributed by atoms with E-state index in [-0.39, 0.29) is 0 Å². The summed E-state index contributed by atoms with van der Waals surface area (Å²) in [7, 11) is 3.18. The van der Waals surface area contributed by atoms with Gasteiger partial charge in [0, 0.05) is 11.8 Å². The lowest BCUT2D eigenvalue weighted by molar-refractivity contribution is 0.405. The normalized spacial score (nSPS) is 9.40. The van der Waals surface area contributed by atoms with Crippen LogP contribution >= 0.6 is 0 Å². The average molecular weight is 274 g/mol. The van der Waals surface area contributed by atoms with Crippen molar-refractivity contribution in [1.82, 2.24) is 0 Å². The Morgan fingerprint density at radius 1 is 0.800 bits per heavy atom. The molecule has 0 atom stereocenters. The Kier molecular flexibility index (Phi) is 5.72. The standard InChI is InChI=1S/C8H11NO2.C8H11N/c1-10-6-3-4-8(11-2)7(9)5-6;1-6-3-4-7(2)8(9)5-6/h3-5H,9H2,1-2H3;3-5H,9H2,1-2H3. The maximum absolute atomic E-state index is 5.62. The number of methoxy groups -OCH3 is 2. The van der Waals surface area contributed by atoms with E-state index < -0.39 is 0 Å². The molecule has 2 aromatic carbocycles. The van der Waals surface area contributed by atoms with Crippen LogP contribution in [-0.4, -0.2) is 14.2 Å². The number of anilines is 2. The highest BCUT2D eigenvalue weighted by Crippen LogP contribution is 2.25. The van der Waals surface area contributed by atoms with E-state index in [1.807, 2.05) is 26.0 Å². The molecule has 0 saturated heterocycles. The highest BCUT2D eigenvalue weighted by molar-refractivity contribution is 5.56. The molecule has 20 heavy (non-hydrogen) atoms. The van der Waals surface area contributed by atoms with Gasteiger partial charge in [0.15, 0.2) is 0 Å². The fourth-order valence-corrected chi connectivity index (χ4v) is 1.60. The van der Waals surface area contributed by atoms with Gasteiger partial charge in [0.2, 0.25) is 0 Å². The number of hydrogen-bond donors (Lipinski definition) is 2. The van der Waals surface area contributed by atoms with Crippen LogP contribution in [0.15, 0.2) is 36.4 Å². The molecule has 0 saturated carbocycles. The molecule has 0 aliphatic rings. The second kappa shape index (κ2) is 7.28. The maximum Gasteiger partial charge on any atom is 0.142 e. The van der Waals surface area contributed by atoms with Crippen LogP contribution in [0.1, 0.15) is 11.1 Å². The Labute approximate surface area is 120 Å². The molecule has 2 aromatic rings. The van der Waals surface area contributed by atoms with Gasteiger partial charge in [-0.15, -0.1) is 0 Å². The third-order valence-electron chi connectivity index (χ3n) is 2.87. The van der Waals surface area contributed by atoms with Gasteiger partial charge in [-0.1, -0.05) is 12.1 Å². The number of nitrogens with two attached hydrogens (primary N) is 2. The molecule has 4 heteroatoms. The van der Waals surface area contributed by atoms with Crippen molar-refractivity contribution in [2.75, 3.05) is 25.7 Å². The third kappa shape index (κ3) is 4.39. The first-order valence-corrected chi connectivity index (χ1v) is 6.28. The first-order chi connectivity index (χ1) is 9.47. The largest absolute Gasteiger partial charge is 0.497 e. The second-order valence-electron chi connectivity index (χ2n) is 4.47.